The van der Waals surface area contributed by atoms with Crippen molar-refractivity contribution in [3.63, 3.8) is 0 Å². The standard InChI is InChI=1S/C26H48N2O4/c1-23(2)14-19(15-24(3,4)27(23)9)18(11-12-21(29)30)13-22(31)32-20-16-25(5,6)28(10)26(7,8)17-20/h18-20H,11-17H2,1-10H3,(H,29,30). The van der Waals surface area contributed by atoms with E-state index in [0.717, 1.165) is 25.7 Å². The van der Waals surface area contributed by atoms with Crippen molar-refractivity contribution in [2.45, 2.75) is 129 Å². The number of likely N-dealkylation sites (tertiary alicyclic amines) is 2. The molecule has 0 aromatic heterocycles. The summed E-state index contributed by atoms with van der Waals surface area (Å²) in [5.74, 6) is -0.642. The molecule has 2 rings (SSSR count). The van der Waals surface area contributed by atoms with Gasteiger partial charge in [0.2, 0.25) is 0 Å². The van der Waals surface area contributed by atoms with Crippen LogP contribution < -0.4 is 0 Å². The van der Waals surface area contributed by atoms with Crippen LogP contribution in [0.15, 0.2) is 0 Å². The lowest BCUT2D eigenvalue weighted by Gasteiger charge is -2.55. The molecule has 2 fully saturated rings. The number of aliphatic carboxylic acids is 1. The van der Waals surface area contributed by atoms with E-state index in [1.807, 2.05) is 0 Å². The van der Waals surface area contributed by atoms with E-state index in [1.54, 1.807) is 0 Å². The number of piperidine rings is 2. The quantitative estimate of drug-likeness (QED) is 0.551. The van der Waals surface area contributed by atoms with Crippen LogP contribution in [-0.4, -0.2) is 69.2 Å². The summed E-state index contributed by atoms with van der Waals surface area (Å²) in [6.45, 7) is 17.8. The molecule has 186 valence electrons. The van der Waals surface area contributed by atoms with Crippen LogP contribution in [0.25, 0.3) is 0 Å². The number of nitrogens with zero attached hydrogens (tertiary/aromatic N) is 2. The molecule has 0 aromatic rings. The van der Waals surface area contributed by atoms with Gasteiger partial charge in [-0.3, -0.25) is 19.4 Å². The third kappa shape index (κ3) is 6.25. The molecule has 0 spiro atoms. The van der Waals surface area contributed by atoms with Gasteiger partial charge in [-0.15, -0.1) is 0 Å². The maximum atomic E-state index is 13.1. The number of rotatable bonds is 7. The van der Waals surface area contributed by atoms with Gasteiger partial charge in [0.25, 0.3) is 0 Å². The van der Waals surface area contributed by atoms with E-state index in [2.05, 4.69) is 79.3 Å². The molecule has 32 heavy (non-hydrogen) atoms. The van der Waals surface area contributed by atoms with E-state index in [0.29, 0.717) is 18.8 Å². The van der Waals surface area contributed by atoms with Crippen LogP contribution in [0, 0.1) is 11.8 Å². The molecule has 2 heterocycles. The molecule has 1 atom stereocenters. The molecule has 1 N–H and O–H groups in total. The monoisotopic (exact) mass is 452 g/mol. The maximum absolute atomic E-state index is 13.1. The summed E-state index contributed by atoms with van der Waals surface area (Å²) in [6.07, 6.45) is 4.36. The molecule has 0 aliphatic carbocycles. The van der Waals surface area contributed by atoms with Crippen molar-refractivity contribution in [3.8, 4) is 0 Å². The fourth-order valence-corrected chi connectivity index (χ4v) is 6.41. The zero-order valence-electron chi connectivity index (χ0n) is 22.2. The summed E-state index contributed by atoms with van der Waals surface area (Å²) in [4.78, 5) is 29.2. The molecule has 0 bridgehead atoms. The fraction of sp³-hybridized carbons (Fsp3) is 0.923. The predicted octanol–water partition coefficient (Wildman–Crippen LogP) is 4.95. The minimum atomic E-state index is -0.798. The molecule has 6 nitrogen and oxygen atoms in total. The van der Waals surface area contributed by atoms with Gasteiger partial charge in [-0.1, -0.05) is 0 Å². The number of carboxylic acid groups (broad SMARTS) is 1. The van der Waals surface area contributed by atoms with Crippen molar-refractivity contribution in [2.24, 2.45) is 11.8 Å². The highest BCUT2D eigenvalue weighted by molar-refractivity contribution is 5.70. The van der Waals surface area contributed by atoms with Crippen molar-refractivity contribution >= 4 is 11.9 Å². The second-order valence-electron chi connectivity index (χ2n) is 13.0. The Morgan fingerprint density at radius 2 is 1.25 bits per heavy atom. The predicted molar refractivity (Wildman–Crippen MR) is 129 cm³/mol. The average molecular weight is 453 g/mol. The minimum absolute atomic E-state index is 0.000201. The summed E-state index contributed by atoms with van der Waals surface area (Å²) in [7, 11) is 4.31. The first-order chi connectivity index (χ1) is 14.4. The first-order valence-electron chi connectivity index (χ1n) is 12.3. The fourth-order valence-electron chi connectivity index (χ4n) is 6.41. The largest absolute Gasteiger partial charge is 0.481 e. The number of hydrogen-bond acceptors (Lipinski definition) is 5. The smallest absolute Gasteiger partial charge is 0.306 e. The molecule has 0 aromatic carbocycles. The van der Waals surface area contributed by atoms with Crippen LogP contribution >= 0.6 is 0 Å². The van der Waals surface area contributed by atoms with Gasteiger partial charge in [0.05, 0.1) is 0 Å². The van der Waals surface area contributed by atoms with Crippen LogP contribution in [-0.2, 0) is 14.3 Å². The van der Waals surface area contributed by atoms with Crippen molar-refractivity contribution < 1.29 is 19.4 Å². The zero-order valence-corrected chi connectivity index (χ0v) is 22.2. The third-order valence-electron chi connectivity index (χ3n) is 8.73. The van der Waals surface area contributed by atoms with Crippen LogP contribution in [0.3, 0.4) is 0 Å². The van der Waals surface area contributed by atoms with E-state index in [-0.39, 0.29) is 46.6 Å². The topological polar surface area (TPSA) is 70.1 Å². The number of carbonyl (C=O) groups is 2. The van der Waals surface area contributed by atoms with E-state index in [9.17, 15) is 14.7 Å². The Kier molecular flexibility index (Phi) is 7.83. The van der Waals surface area contributed by atoms with Gasteiger partial charge in [0.1, 0.15) is 6.10 Å². The van der Waals surface area contributed by atoms with Crippen LogP contribution in [0.5, 0.6) is 0 Å². The van der Waals surface area contributed by atoms with Gasteiger partial charge in [-0.25, -0.2) is 0 Å². The molecule has 6 heteroatoms. The Bertz CT molecular complexity index is 662. The Labute approximate surface area is 196 Å². The second kappa shape index (κ2) is 9.25. The number of carboxylic acids is 1. The molecule has 0 radical (unpaired) electrons. The van der Waals surface area contributed by atoms with E-state index >= 15 is 0 Å². The number of carbonyl (C=O) groups excluding carboxylic acids is 1. The lowest BCUT2D eigenvalue weighted by Crippen LogP contribution is -2.60. The lowest BCUT2D eigenvalue weighted by atomic mass is 9.68. The van der Waals surface area contributed by atoms with Gasteiger partial charge in [-0.05, 0) is 101 Å². The normalized spacial score (nSPS) is 27.1. The van der Waals surface area contributed by atoms with Crippen molar-refractivity contribution in [2.75, 3.05) is 14.1 Å². The Morgan fingerprint density at radius 1 is 0.844 bits per heavy atom. The summed E-state index contributed by atoms with van der Waals surface area (Å²) in [5, 5.41) is 9.31. The van der Waals surface area contributed by atoms with Crippen LogP contribution in [0.4, 0.5) is 0 Å². The molecular weight excluding hydrogens is 404 g/mol. The van der Waals surface area contributed by atoms with Gasteiger partial charge in [0, 0.05) is 47.8 Å². The number of esters is 1. The first-order valence-corrected chi connectivity index (χ1v) is 12.3. The highest BCUT2D eigenvalue weighted by Crippen LogP contribution is 2.45. The van der Waals surface area contributed by atoms with E-state index in [1.165, 1.54) is 0 Å². The average Bonchev–Trinajstić information content (AvgIpc) is 2.59. The highest BCUT2D eigenvalue weighted by atomic mass is 16.5. The third-order valence-corrected chi connectivity index (χ3v) is 8.73. The van der Waals surface area contributed by atoms with E-state index in [4.69, 9.17) is 4.74 Å². The van der Waals surface area contributed by atoms with Crippen molar-refractivity contribution in [3.05, 3.63) is 0 Å². The van der Waals surface area contributed by atoms with Crippen LogP contribution in [0.2, 0.25) is 0 Å². The van der Waals surface area contributed by atoms with Gasteiger partial charge in [-0.2, -0.15) is 0 Å². The Hall–Kier alpha value is -1.14. The molecule has 2 aliphatic rings. The summed E-state index contributed by atoms with van der Waals surface area (Å²) in [5.41, 5.74) is -0.0889. The second-order valence-corrected chi connectivity index (χ2v) is 13.0. The molecule has 1 unspecified atom stereocenters. The van der Waals surface area contributed by atoms with Crippen LogP contribution in [0.1, 0.15) is 100 Å². The highest BCUT2D eigenvalue weighted by Gasteiger charge is 2.47. The summed E-state index contributed by atoms with van der Waals surface area (Å²) < 4.78 is 6.04. The van der Waals surface area contributed by atoms with Gasteiger partial charge >= 0.3 is 11.9 Å². The zero-order chi connectivity index (χ0) is 24.7. The molecular formula is C26H48N2O4. The Balaban J connectivity index is 2.13. The molecule has 0 amide bonds. The van der Waals surface area contributed by atoms with Gasteiger partial charge in [0.15, 0.2) is 0 Å². The van der Waals surface area contributed by atoms with E-state index < -0.39 is 5.97 Å². The lowest BCUT2D eigenvalue weighted by molar-refractivity contribution is -0.161. The summed E-state index contributed by atoms with van der Waals surface area (Å²) >= 11 is 0. The molecule has 2 aliphatic heterocycles. The minimum Gasteiger partial charge on any atom is -0.481 e. The molecule has 0 saturated carbocycles. The Morgan fingerprint density at radius 3 is 1.66 bits per heavy atom. The molecule has 2 saturated heterocycles. The summed E-state index contributed by atoms with van der Waals surface area (Å²) in [6, 6.07) is 0. The van der Waals surface area contributed by atoms with Crippen molar-refractivity contribution in [1.82, 2.24) is 9.80 Å². The van der Waals surface area contributed by atoms with Crippen molar-refractivity contribution in [1.29, 1.82) is 0 Å². The SMILES string of the molecule is CN1C(C)(C)CC(OC(=O)CC(CCC(=O)O)C2CC(C)(C)N(C)C(C)(C)C2)CC1(C)C. The van der Waals surface area contributed by atoms with Gasteiger partial charge < -0.3 is 9.84 Å². The number of hydrogen-bond donors (Lipinski definition) is 1. The maximum Gasteiger partial charge on any atom is 0.306 e. The first kappa shape index (κ1) is 27.1. The number of ether oxygens (including phenoxy) is 1.